The van der Waals surface area contributed by atoms with Gasteiger partial charge in [0.25, 0.3) is 5.91 Å². The molecule has 13 heteroatoms. The average Bonchev–Trinajstić information content (AvgIpc) is 3.03. The molecule has 1 amide bonds. The van der Waals surface area contributed by atoms with Gasteiger partial charge in [-0.3, -0.25) is 19.3 Å². The molecule has 0 heterocycles. The summed E-state index contributed by atoms with van der Waals surface area (Å²) in [5.74, 6) is -6.88. The quantitative estimate of drug-likeness (QED) is 0.184. The Kier molecular flexibility index (Phi) is 6.95. The number of Topliss-reactive ketones (excluding diaryl/α,β-unsaturated/α-hetero) is 2. The lowest BCUT2D eigenvalue weighted by molar-refractivity contribution is -0.153. The molecule has 240 valence electrons. The summed E-state index contributed by atoms with van der Waals surface area (Å²) in [5.41, 5.74) is 17.3. The van der Waals surface area contributed by atoms with Crippen LogP contribution in [0.2, 0.25) is 0 Å². The van der Waals surface area contributed by atoms with Crippen molar-refractivity contribution in [3.05, 3.63) is 94.8 Å². The first-order valence-corrected chi connectivity index (χ1v) is 14.5. The maximum atomic E-state index is 14.8. The van der Waals surface area contributed by atoms with Crippen LogP contribution >= 0.6 is 0 Å². The van der Waals surface area contributed by atoms with Crippen LogP contribution in [0.1, 0.15) is 17.2 Å². The van der Waals surface area contributed by atoms with E-state index in [1.54, 1.807) is 72.8 Å². The van der Waals surface area contributed by atoms with Gasteiger partial charge in [0.2, 0.25) is 0 Å². The Hall–Kier alpha value is -5.36. The molecular weight excluding hydrogens is 604 g/mol. The van der Waals surface area contributed by atoms with Gasteiger partial charge < -0.3 is 43.4 Å². The molecule has 0 unspecified atom stereocenters. The maximum Gasteiger partial charge on any atom is 0.255 e. The molecule has 0 aliphatic heterocycles. The van der Waals surface area contributed by atoms with Gasteiger partial charge in [-0.25, -0.2) is 0 Å². The molecule has 0 aromatic heterocycles. The van der Waals surface area contributed by atoms with Crippen molar-refractivity contribution >= 4 is 23.2 Å². The van der Waals surface area contributed by atoms with E-state index < -0.39 is 80.6 Å². The number of amides is 1. The molecule has 12 N–H and O–H groups in total. The third kappa shape index (κ3) is 3.67. The molecule has 3 aromatic carbocycles. The summed E-state index contributed by atoms with van der Waals surface area (Å²) >= 11 is 0. The first kappa shape index (κ1) is 31.6. The summed E-state index contributed by atoms with van der Waals surface area (Å²) in [6.45, 7) is 0. The van der Waals surface area contributed by atoms with Gasteiger partial charge in [0, 0.05) is 5.56 Å². The number of aromatic hydroxyl groups is 1. The number of phenols is 1. The van der Waals surface area contributed by atoms with E-state index in [-0.39, 0.29) is 16.7 Å². The van der Waals surface area contributed by atoms with E-state index >= 15 is 0 Å². The van der Waals surface area contributed by atoms with Gasteiger partial charge in [-0.2, -0.15) is 5.26 Å². The molecule has 1 fully saturated rings. The van der Waals surface area contributed by atoms with E-state index in [2.05, 4.69) is 0 Å². The summed E-state index contributed by atoms with van der Waals surface area (Å²) in [6.07, 6.45) is -2.32. The maximum absolute atomic E-state index is 14.8. The Balaban J connectivity index is 1.79. The average molecular weight is 637 g/mol. The number of primary amides is 1. The van der Waals surface area contributed by atoms with Crippen LogP contribution in [0, 0.1) is 16.7 Å². The SMILES string of the molecule is CN(C)[C@@H]1C(=O)C(C(N)=O)=C(O)[C@@]2(C#N)C(=O)C3=C(O)c4c(O)c(-c5ccccc5)cc(-c5ccccc5)c4[C@H](N)[C@@]3(N)[C@H](O)[C@@]12N. The van der Waals surface area contributed by atoms with Crippen LogP contribution in [-0.4, -0.2) is 80.1 Å². The highest BCUT2D eigenvalue weighted by Gasteiger charge is 2.79. The number of aliphatic hydroxyl groups excluding tert-OH is 3. The number of rotatable bonds is 4. The predicted octanol–water partition coefficient (Wildman–Crippen LogP) is 0.668. The van der Waals surface area contributed by atoms with Crippen molar-refractivity contribution in [2.24, 2.45) is 28.3 Å². The Labute approximate surface area is 268 Å². The third-order valence-electron chi connectivity index (χ3n) is 9.83. The molecule has 6 rings (SSSR count). The highest BCUT2D eigenvalue weighted by molar-refractivity contribution is 6.26. The second kappa shape index (κ2) is 10.3. The monoisotopic (exact) mass is 636 g/mol. The van der Waals surface area contributed by atoms with Gasteiger partial charge in [0.15, 0.2) is 17.0 Å². The fourth-order valence-electron chi connectivity index (χ4n) is 7.69. The normalized spacial score (nSPS) is 30.0. The summed E-state index contributed by atoms with van der Waals surface area (Å²) in [5, 5.41) is 58.3. The lowest BCUT2D eigenvalue weighted by Crippen LogP contribution is -2.87. The van der Waals surface area contributed by atoms with Crippen LogP contribution in [-0.2, 0) is 14.4 Å². The van der Waals surface area contributed by atoms with Gasteiger partial charge in [-0.15, -0.1) is 0 Å². The predicted molar refractivity (Wildman–Crippen MR) is 170 cm³/mol. The molecule has 0 saturated heterocycles. The minimum atomic E-state index is -3.07. The molecule has 3 aliphatic carbocycles. The Bertz CT molecular complexity index is 2000. The Morgan fingerprint density at radius 1 is 0.936 bits per heavy atom. The first-order chi connectivity index (χ1) is 22.1. The van der Waals surface area contributed by atoms with Crippen LogP contribution in [0.4, 0.5) is 0 Å². The van der Waals surface area contributed by atoms with Crippen molar-refractivity contribution in [1.82, 2.24) is 4.90 Å². The van der Waals surface area contributed by atoms with Crippen molar-refractivity contribution < 1.29 is 34.8 Å². The largest absolute Gasteiger partial charge is 0.509 e. The zero-order chi connectivity index (χ0) is 34.4. The Morgan fingerprint density at radius 3 is 1.96 bits per heavy atom. The number of fused-ring (bicyclic) bond motifs is 3. The minimum Gasteiger partial charge on any atom is -0.509 e. The number of ketones is 2. The van der Waals surface area contributed by atoms with E-state index in [1.165, 1.54) is 14.1 Å². The number of nitriles is 1. The van der Waals surface area contributed by atoms with Gasteiger partial charge in [0.05, 0.1) is 34.8 Å². The number of likely N-dealkylation sites (N-methyl/N-ethyl adjacent to an activating group) is 1. The zero-order valence-electron chi connectivity index (χ0n) is 25.3. The van der Waals surface area contributed by atoms with Gasteiger partial charge in [0.1, 0.15) is 34.5 Å². The van der Waals surface area contributed by atoms with E-state index in [1.807, 2.05) is 0 Å². The second-order valence-corrected chi connectivity index (χ2v) is 12.3. The second-order valence-electron chi connectivity index (χ2n) is 12.3. The number of aliphatic hydroxyl groups is 3. The molecule has 0 bridgehead atoms. The van der Waals surface area contributed by atoms with Gasteiger partial charge in [-0.05, 0) is 42.4 Å². The smallest absolute Gasteiger partial charge is 0.255 e. The number of hydrogen-bond donors (Lipinski definition) is 8. The zero-order valence-corrected chi connectivity index (χ0v) is 25.3. The molecule has 13 nitrogen and oxygen atoms in total. The van der Waals surface area contributed by atoms with Crippen molar-refractivity contribution in [1.29, 1.82) is 5.26 Å². The summed E-state index contributed by atoms with van der Waals surface area (Å²) < 4.78 is 0. The van der Waals surface area contributed by atoms with Crippen molar-refractivity contribution in [2.75, 3.05) is 14.1 Å². The number of phenolic OH excluding ortho intramolecular Hbond substituents is 1. The topological polar surface area (TPSA) is 263 Å². The molecule has 3 aliphatic rings. The first-order valence-electron chi connectivity index (χ1n) is 14.5. The number of carbonyl (C=O) groups excluding carboxylic acids is 3. The van der Waals surface area contributed by atoms with Crippen molar-refractivity contribution in [3.63, 3.8) is 0 Å². The summed E-state index contributed by atoms with van der Waals surface area (Å²) in [7, 11) is 2.69. The third-order valence-corrected chi connectivity index (χ3v) is 9.83. The molecule has 3 aromatic rings. The van der Waals surface area contributed by atoms with Crippen LogP contribution in [0.5, 0.6) is 5.75 Å². The van der Waals surface area contributed by atoms with Crippen molar-refractivity contribution in [2.45, 2.75) is 29.3 Å². The minimum absolute atomic E-state index is 0.0400. The molecule has 0 radical (unpaired) electrons. The highest BCUT2D eigenvalue weighted by atomic mass is 16.3. The van der Waals surface area contributed by atoms with E-state index in [0.717, 1.165) is 4.90 Å². The van der Waals surface area contributed by atoms with E-state index in [4.69, 9.17) is 22.9 Å². The number of nitrogens with zero attached hydrogens (tertiary/aromatic N) is 2. The van der Waals surface area contributed by atoms with Gasteiger partial charge >= 0.3 is 0 Å². The standard InChI is InChI=1S/C34H32N6O7/c1-40(2)27-25(43)21(30(37)46)28(44)32(14-35)29(45)22-24(42)20-19(26(36)33(22,38)31(47)34(27,32)39)17(15-9-5-3-6-10-15)13-18(23(20)41)16-11-7-4-8-12-16/h3-13,26-27,31,41-42,44,47H,36,38-39H2,1-2H3,(H2,37,46)/t26-,27+,31-,32-,33+,34-/m0/s1. The molecule has 6 atom stereocenters. The fraction of sp³-hybridized carbons (Fsp3) is 0.235. The van der Waals surface area contributed by atoms with Crippen LogP contribution in [0.25, 0.3) is 28.0 Å². The van der Waals surface area contributed by atoms with Crippen LogP contribution in [0.3, 0.4) is 0 Å². The number of hydrogen-bond acceptors (Lipinski definition) is 12. The summed E-state index contributed by atoms with van der Waals surface area (Å²) in [6, 6.07) is 17.3. The molecule has 1 saturated carbocycles. The Morgan fingerprint density at radius 2 is 1.47 bits per heavy atom. The highest BCUT2D eigenvalue weighted by Crippen LogP contribution is 2.61. The van der Waals surface area contributed by atoms with Crippen LogP contribution in [0.15, 0.2) is 83.6 Å². The number of benzene rings is 3. The lowest BCUT2D eigenvalue weighted by atomic mass is 9.44. The van der Waals surface area contributed by atoms with Crippen molar-refractivity contribution in [3.8, 4) is 34.1 Å². The number of nitrogens with two attached hydrogens (primary N) is 4. The number of carbonyl (C=O) groups is 3. The fourth-order valence-corrected chi connectivity index (χ4v) is 7.69. The summed E-state index contributed by atoms with van der Waals surface area (Å²) in [4.78, 5) is 42.2. The van der Waals surface area contributed by atoms with E-state index in [9.17, 15) is 40.1 Å². The molecular formula is C34H32N6O7. The molecule has 0 spiro atoms. The lowest BCUT2D eigenvalue weighted by Gasteiger charge is -2.62. The van der Waals surface area contributed by atoms with Crippen LogP contribution < -0.4 is 22.9 Å². The molecule has 47 heavy (non-hydrogen) atoms. The van der Waals surface area contributed by atoms with E-state index in [0.29, 0.717) is 16.7 Å². The van der Waals surface area contributed by atoms with Gasteiger partial charge in [-0.1, -0.05) is 60.7 Å².